The molecule has 0 aromatic carbocycles. The highest BCUT2D eigenvalue weighted by atomic mass is 32.1. The molecule has 1 saturated heterocycles. The summed E-state index contributed by atoms with van der Waals surface area (Å²) in [6.45, 7) is 8.53. The first kappa shape index (κ1) is 21.0. The van der Waals surface area contributed by atoms with Crippen molar-refractivity contribution in [2.75, 3.05) is 39.3 Å². The van der Waals surface area contributed by atoms with Crippen LogP contribution in [0.15, 0.2) is 22.5 Å². The summed E-state index contributed by atoms with van der Waals surface area (Å²) in [5, 5.41) is 8.59. The van der Waals surface area contributed by atoms with Crippen LogP contribution in [0.25, 0.3) is 0 Å². The summed E-state index contributed by atoms with van der Waals surface area (Å²) >= 11 is 1.73. The Bertz CT molecular complexity index is 569. The molecule has 0 spiro atoms. The number of guanidine groups is 1. The molecular weight excluding hydrogens is 361 g/mol. The predicted molar refractivity (Wildman–Crippen MR) is 102 cm³/mol. The summed E-state index contributed by atoms with van der Waals surface area (Å²) in [6, 6.07) is 4.16. The first-order valence-electron chi connectivity index (χ1n) is 9.05. The molecule has 1 fully saturated rings. The molecule has 0 saturated carbocycles. The zero-order chi connectivity index (χ0) is 19.2. The molecule has 4 nitrogen and oxygen atoms in total. The summed E-state index contributed by atoms with van der Waals surface area (Å²) in [7, 11) is 0. The fourth-order valence-electron chi connectivity index (χ4n) is 3.08. The van der Waals surface area contributed by atoms with Crippen LogP contribution in [0.2, 0.25) is 0 Å². The summed E-state index contributed by atoms with van der Waals surface area (Å²) in [6.07, 6.45) is -3.34. The van der Waals surface area contributed by atoms with E-state index in [9.17, 15) is 13.2 Å². The van der Waals surface area contributed by atoms with Crippen molar-refractivity contribution in [1.29, 1.82) is 0 Å². The maximum Gasteiger partial charge on any atom is 0.401 e. The van der Waals surface area contributed by atoms with Gasteiger partial charge in [0.15, 0.2) is 5.96 Å². The fraction of sp³-hybridized carbons (Fsp3) is 0.722. The second kappa shape index (κ2) is 9.08. The van der Waals surface area contributed by atoms with E-state index in [0.717, 1.165) is 18.9 Å². The Morgan fingerprint density at radius 2 is 2.12 bits per heavy atom. The SMILES string of the molecule is CCNC(=NCC(C)(C)c1cccs1)NCC1CCN(CC(F)(F)F)C1. The second-order valence-corrected chi connectivity index (χ2v) is 8.39. The lowest BCUT2D eigenvalue weighted by Gasteiger charge is -2.22. The van der Waals surface area contributed by atoms with Crippen LogP contribution in [0.3, 0.4) is 0 Å². The third-order valence-corrected chi connectivity index (χ3v) is 5.73. The molecule has 1 aliphatic heterocycles. The number of nitrogens with zero attached hydrogens (tertiary/aromatic N) is 2. The number of rotatable bonds is 7. The number of likely N-dealkylation sites (tertiary alicyclic amines) is 1. The molecular formula is C18H29F3N4S. The van der Waals surface area contributed by atoms with Gasteiger partial charge in [-0.25, -0.2) is 0 Å². The Labute approximate surface area is 157 Å². The molecule has 26 heavy (non-hydrogen) atoms. The number of aliphatic imine (C=N–C) groups is 1. The van der Waals surface area contributed by atoms with Crippen LogP contribution in [0.5, 0.6) is 0 Å². The highest BCUT2D eigenvalue weighted by Gasteiger charge is 2.34. The largest absolute Gasteiger partial charge is 0.401 e. The average molecular weight is 391 g/mol. The van der Waals surface area contributed by atoms with E-state index in [1.54, 1.807) is 11.3 Å². The highest BCUT2D eigenvalue weighted by molar-refractivity contribution is 7.10. The molecule has 2 heterocycles. The normalized spacial score (nSPS) is 19.8. The van der Waals surface area contributed by atoms with Crippen molar-refractivity contribution in [1.82, 2.24) is 15.5 Å². The van der Waals surface area contributed by atoms with Gasteiger partial charge in [-0.1, -0.05) is 19.9 Å². The molecule has 148 valence electrons. The molecule has 1 unspecified atom stereocenters. The van der Waals surface area contributed by atoms with Gasteiger partial charge < -0.3 is 10.6 Å². The minimum atomic E-state index is -4.12. The Balaban J connectivity index is 1.84. The van der Waals surface area contributed by atoms with Crippen LogP contribution >= 0.6 is 11.3 Å². The van der Waals surface area contributed by atoms with Gasteiger partial charge in [0.2, 0.25) is 0 Å². The molecule has 0 amide bonds. The Morgan fingerprint density at radius 1 is 1.35 bits per heavy atom. The number of nitrogens with one attached hydrogen (secondary N) is 2. The molecule has 1 aromatic heterocycles. The van der Waals surface area contributed by atoms with Gasteiger partial charge in [0.1, 0.15) is 0 Å². The Hall–Kier alpha value is -1.28. The monoisotopic (exact) mass is 390 g/mol. The summed E-state index contributed by atoms with van der Waals surface area (Å²) < 4.78 is 37.5. The summed E-state index contributed by atoms with van der Waals surface area (Å²) in [5.74, 6) is 0.943. The predicted octanol–water partition coefficient (Wildman–Crippen LogP) is 3.47. The number of thiophene rings is 1. The molecule has 1 aliphatic rings. The van der Waals surface area contributed by atoms with E-state index in [0.29, 0.717) is 26.2 Å². The van der Waals surface area contributed by atoms with Crippen molar-refractivity contribution in [2.45, 2.75) is 38.8 Å². The van der Waals surface area contributed by atoms with Crippen LogP contribution in [-0.4, -0.2) is 56.3 Å². The minimum Gasteiger partial charge on any atom is -0.357 e. The first-order chi connectivity index (χ1) is 12.2. The number of hydrogen-bond acceptors (Lipinski definition) is 3. The second-order valence-electron chi connectivity index (χ2n) is 7.44. The van der Waals surface area contributed by atoms with Crippen LogP contribution in [0, 0.1) is 5.92 Å². The number of hydrogen-bond donors (Lipinski definition) is 2. The molecule has 1 atom stereocenters. The van der Waals surface area contributed by atoms with Crippen LogP contribution in [0.4, 0.5) is 13.2 Å². The zero-order valence-corrected chi connectivity index (χ0v) is 16.5. The highest BCUT2D eigenvalue weighted by Crippen LogP contribution is 2.27. The maximum absolute atomic E-state index is 12.5. The van der Waals surface area contributed by atoms with E-state index in [4.69, 9.17) is 0 Å². The number of alkyl halides is 3. The third kappa shape index (κ3) is 6.79. The van der Waals surface area contributed by atoms with E-state index in [1.807, 2.05) is 13.0 Å². The molecule has 1 aromatic rings. The average Bonchev–Trinajstić information content (AvgIpc) is 3.20. The van der Waals surface area contributed by atoms with Gasteiger partial charge in [0, 0.05) is 29.9 Å². The topological polar surface area (TPSA) is 39.7 Å². The smallest absolute Gasteiger partial charge is 0.357 e. The molecule has 2 rings (SSSR count). The zero-order valence-electron chi connectivity index (χ0n) is 15.7. The quantitative estimate of drug-likeness (QED) is 0.553. The van der Waals surface area contributed by atoms with E-state index in [-0.39, 0.29) is 11.3 Å². The molecule has 0 aliphatic carbocycles. The van der Waals surface area contributed by atoms with Gasteiger partial charge in [0.25, 0.3) is 0 Å². The van der Waals surface area contributed by atoms with E-state index >= 15 is 0 Å². The standard InChI is InChI=1S/C18H29F3N4S/c1-4-22-16(24-12-17(2,3)15-6-5-9-26-15)23-10-14-7-8-25(11-14)13-18(19,20)21/h5-6,9,14H,4,7-8,10-13H2,1-3H3,(H2,22,23,24). The molecule has 8 heteroatoms. The Morgan fingerprint density at radius 3 is 2.73 bits per heavy atom. The van der Waals surface area contributed by atoms with Gasteiger partial charge in [-0.15, -0.1) is 11.3 Å². The Kier molecular flexibility index (Phi) is 7.34. The lowest BCUT2D eigenvalue weighted by molar-refractivity contribution is -0.143. The van der Waals surface area contributed by atoms with Gasteiger partial charge in [-0.2, -0.15) is 13.2 Å². The van der Waals surface area contributed by atoms with Gasteiger partial charge in [0.05, 0.1) is 13.1 Å². The van der Waals surface area contributed by atoms with Crippen LogP contribution < -0.4 is 10.6 Å². The van der Waals surface area contributed by atoms with E-state index < -0.39 is 12.7 Å². The van der Waals surface area contributed by atoms with Crippen molar-refractivity contribution in [3.63, 3.8) is 0 Å². The van der Waals surface area contributed by atoms with Crippen molar-refractivity contribution in [3.8, 4) is 0 Å². The minimum absolute atomic E-state index is 0.0482. The lowest BCUT2D eigenvalue weighted by atomic mass is 9.92. The van der Waals surface area contributed by atoms with E-state index in [2.05, 4.69) is 40.9 Å². The fourth-order valence-corrected chi connectivity index (χ4v) is 3.92. The summed E-state index contributed by atoms with van der Waals surface area (Å²) in [5.41, 5.74) is -0.0482. The lowest BCUT2D eigenvalue weighted by Crippen LogP contribution is -2.41. The molecule has 0 bridgehead atoms. The summed E-state index contributed by atoms with van der Waals surface area (Å²) in [4.78, 5) is 7.46. The van der Waals surface area contributed by atoms with Crippen molar-refractivity contribution >= 4 is 17.3 Å². The number of halogens is 3. The van der Waals surface area contributed by atoms with Crippen molar-refractivity contribution < 1.29 is 13.2 Å². The van der Waals surface area contributed by atoms with Crippen molar-refractivity contribution in [2.24, 2.45) is 10.9 Å². The van der Waals surface area contributed by atoms with Crippen LogP contribution in [-0.2, 0) is 5.41 Å². The third-order valence-electron chi connectivity index (χ3n) is 4.50. The van der Waals surface area contributed by atoms with Gasteiger partial charge >= 0.3 is 6.18 Å². The van der Waals surface area contributed by atoms with Crippen molar-refractivity contribution in [3.05, 3.63) is 22.4 Å². The molecule has 2 N–H and O–H groups in total. The van der Waals surface area contributed by atoms with E-state index in [1.165, 1.54) is 9.78 Å². The maximum atomic E-state index is 12.5. The van der Waals surface area contributed by atoms with Crippen LogP contribution in [0.1, 0.15) is 32.1 Å². The molecule has 0 radical (unpaired) electrons. The van der Waals surface area contributed by atoms with Gasteiger partial charge in [-0.3, -0.25) is 9.89 Å². The first-order valence-corrected chi connectivity index (χ1v) is 9.93. The van der Waals surface area contributed by atoms with Gasteiger partial charge in [-0.05, 0) is 37.3 Å².